The minimum absolute atomic E-state index is 0.00563. The number of carbonyl (C=O) groups excluding carboxylic acids is 1. The fourth-order valence-electron chi connectivity index (χ4n) is 3.84. The number of imidazole rings is 1. The number of hydrogen-bond donors (Lipinski definition) is 6. The van der Waals surface area contributed by atoms with E-state index in [9.17, 15) is 23.4 Å². The summed E-state index contributed by atoms with van der Waals surface area (Å²) in [5.74, 6) is -0.396. The van der Waals surface area contributed by atoms with Crippen LogP contribution in [-0.2, 0) is 20.7 Å². The van der Waals surface area contributed by atoms with Crippen molar-refractivity contribution in [2.75, 3.05) is 24.2 Å². The number of nitrogens with two attached hydrogens (primary N) is 1. The molecule has 1 aliphatic heterocycles. The molecule has 186 valence electrons. The zero-order valence-corrected chi connectivity index (χ0v) is 19.1. The number of hydrogen-bond acceptors (Lipinski definition) is 11. The van der Waals surface area contributed by atoms with Gasteiger partial charge in [0.15, 0.2) is 22.7 Å². The number of carbonyl (C=O) groups is 1. The van der Waals surface area contributed by atoms with Crippen molar-refractivity contribution < 1.29 is 28.2 Å². The number of anilines is 2. The number of aliphatic hydroxyl groups is 2. The van der Waals surface area contributed by atoms with Crippen molar-refractivity contribution in [2.45, 2.75) is 36.8 Å². The third-order valence-electron chi connectivity index (χ3n) is 5.91. The molecule has 1 saturated carbocycles. The second-order valence-corrected chi connectivity index (χ2v) is 9.97. The number of ether oxygens (including phenoxy) is 1. The number of para-hydroxylation sites is 1. The van der Waals surface area contributed by atoms with Gasteiger partial charge in [-0.05, 0) is 25.0 Å². The summed E-state index contributed by atoms with van der Waals surface area (Å²) in [7, 11) is -4.32. The maximum Gasteiger partial charge on any atom is 0.301 e. The highest BCUT2D eigenvalue weighted by molar-refractivity contribution is 7.88. The van der Waals surface area contributed by atoms with E-state index >= 15 is 0 Å². The van der Waals surface area contributed by atoms with Crippen LogP contribution in [0.15, 0.2) is 36.9 Å². The van der Waals surface area contributed by atoms with Crippen molar-refractivity contribution in [1.82, 2.24) is 29.0 Å². The van der Waals surface area contributed by atoms with E-state index in [1.54, 1.807) is 12.1 Å². The van der Waals surface area contributed by atoms with Crippen molar-refractivity contribution >= 4 is 38.8 Å². The molecule has 1 aliphatic carbocycles. The summed E-state index contributed by atoms with van der Waals surface area (Å²) in [6.45, 7) is -0.777. The highest BCUT2D eigenvalue weighted by Gasteiger charge is 2.50. The second-order valence-electron chi connectivity index (χ2n) is 8.47. The van der Waals surface area contributed by atoms with Gasteiger partial charge in [-0.1, -0.05) is 12.1 Å². The van der Waals surface area contributed by atoms with Gasteiger partial charge in [0, 0.05) is 18.3 Å². The number of nitrogen functional groups attached to an aromatic ring is 1. The molecule has 1 amide bonds. The minimum Gasteiger partial charge on any atom is -0.398 e. The number of nitrogens with one attached hydrogen (secondary N) is 3. The maximum atomic E-state index is 12.4. The normalized spacial score (nSPS) is 24.5. The second kappa shape index (κ2) is 8.69. The Morgan fingerprint density at radius 1 is 1.26 bits per heavy atom. The van der Waals surface area contributed by atoms with Crippen LogP contribution in [0, 0.1) is 0 Å². The molecule has 1 aromatic carbocycles. The zero-order valence-electron chi connectivity index (χ0n) is 18.3. The molecule has 0 bridgehead atoms. The summed E-state index contributed by atoms with van der Waals surface area (Å²) in [6.07, 6.45) is 2.03. The Bertz CT molecular complexity index is 1380. The van der Waals surface area contributed by atoms with Gasteiger partial charge in [-0.2, -0.15) is 13.1 Å². The Labute approximate surface area is 199 Å². The number of nitrogens with zero attached hydrogens (tertiary/aromatic N) is 4. The lowest BCUT2D eigenvalue weighted by Gasteiger charge is -2.28. The Kier molecular flexibility index (Phi) is 5.80. The van der Waals surface area contributed by atoms with Crippen LogP contribution in [0.25, 0.3) is 11.2 Å². The molecule has 3 atom stereocenters. The van der Waals surface area contributed by atoms with Crippen LogP contribution in [0.4, 0.5) is 11.5 Å². The lowest BCUT2D eigenvalue weighted by molar-refractivity contribution is -0.107. The molecule has 3 heterocycles. The largest absolute Gasteiger partial charge is 0.398 e. The third-order valence-corrected chi connectivity index (χ3v) is 6.91. The van der Waals surface area contributed by atoms with Gasteiger partial charge in [-0.3, -0.25) is 9.36 Å². The van der Waals surface area contributed by atoms with Gasteiger partial charge in [-0.15, -0.1) is 0 Å². The van der Waals surface area contributed by atoms with Crippen molar-refractivity contribution in [3.63, 3.8) is 0 Å². The summed E-state index contributed by atoms with van der Waals surface area (Å²) in [4.78, 5) is 24.9. The summed E-state index contributed by atoms with van der Waals surface area (Å²) in [6, 6.07) is 6.32. The van der Waals surface area contributed by atoms with Gasteiger partial charge in [0.2, 0.25) is 0 Å². The average molecular weight is 505 g/mol. The molecule has 0 radical (unpaired) electrons. The highest BCUT2D eigenvalue weighted by Crippen LogP contribution is 2.33. The summed E-state index contributed by atoms with van der Waals surface area (Å²) < 4.78 is 35.5. The molecule has 0 spiro atoms. The molecule has 14 nitrogen and oxygen atoms in total. The van der Waals surface area contributed by atoms with E-state index in [1.807, 2.05) is 4.72 Å². The molecule has 7 N–H and O–H groups in total. The van der Waals surface area contributed by atoms with Crippen LogP contribution in [0.5, 0.6) is 0 Å². The van der Waals surface area contributed by atoms with E-state index in [0.717, 1.165) is 12.8 Å². The van der Waals surface area contributed by atoms with Gasteiger partial charge in [0.05, 0.1) is 18.5 Å². The fourth-order valence-corrected chi connectivity index (χ4v) is 4.65. The maximum absolute atomic E-state index is 12.4. The third kappa shape index (κ3) is 4.51. The Balaban J connectivity index is 1.27. The first-order valence-corrected chi connectivity index (χ1v) is 12.3. The lowest BCUT2D eigenvalue weighted by Crippen LogP contribution is -2.50. The number of amides is 1. The molecular formula is C20H24N8O6S. The molecule has 2 aliphatic rings. The first-order chi connectivity index (χ1) is 16.7. The lowest BCUT2D eigenvalue weighted by atomic mass is 10.1. The molecular weight excluding hydrogens is 480 g/mol. The summed E-state index contributed by atoms with van der Waals surface area (Å²) in [5.41, 5.74) is 4.56. The van der Waals surface area contributed by atoms with Crippen molar-refractivity contribution in [3.05, 3.63) is 42.5 Å². The van der Waals surface area contributed by atoms with Crippen molar-refractivity contribution in [3.8, 4) is 0 Å². The van der Waals surface area contributed by atoms with Crippen LogP contribution < -0.4 is 20.5 Å². The molecule has 0 unspecified atom stereocenters. The van der Waals surface area contributed by atoms with Crippen LogP contribution in [0.2, 0.25) is 0 Å². The van der Waals surface area contributed by atoms with Crippen molar-refractivity contribution in [1.29, 1.82) is 0 Å². The number of rotatable bonds is 8. The topological polar surface area (TPSA) is 207 Å². The smallest absolute Gasteiger partial charge is 0.301 e. The predicted octanol–water partition coefficient (Wildman–Crippen LogP) is -1.35. The molecule has 2 fully saturated rings. The summed E-state index contributed by atoms with van der Waals surface area (Å²) >= 11 is 0. The number of benzene rings is 1. The standard InChI is InChI=1S/C20H24N8O6S/c21-13-4-2-1-3-12(13)19(30)27-35(32,33)25-7-14-16(29)20(31,8-34-14)28-10-24-15-17(26-11-5-6-11)22-9-23-18(15)28/h1-4,9-11,14,16,25,29,31H,5-8,21H2,(H,27,30)(H,22,23,26)/t14-,16-,20+/m1/s1. The van der Waals surface area contributed by atoms with E-state index in [4.69, 9.17) is 10.5 Å². The average Bonchev–Trinajstić information content (AvgIpc) is 3.44. The van der Waals surface area contributed by atoms with Gasteiger partial charge < -0.3 is 26.0 Å². The molecule has 15 heteroatoms. The molecule has 5 rings (SSSR count). The van der Waals surface area contributed by atoms with Gasteiger partial charge in [-0.25, -0.2) is 19.7 Å². The van der Waals surface area contributed by atoms with E-state index in [1.165, 1.54) is 29.4 Å². The van der Waals surface area contributed by atoms with Crippen LogP contribution in [-0.4, -0.2) is 75.5 Å². The quantitative estimate of drug-likeness (QED) is 0.198. The molecule has 35 heavy (non-hydrogen) atoms. The fraction of sp³-hybridized carbons (Fsp3) is 0.400. The van der Waals surface area contributed by atoms with Gasteiger partial charge >= 0.3 is 10.2 Å². The van der Waals surface area contributed by atoms with E-state index in [2.05, 4.69) is 25.0 Å². The SMILES string of the molecule is Nc1ccccc1C(=O)NS(=O)(=O)NC[C@H]1OC[C@@](O)(n2cnc3c(NC4CC4)ncnc32)[C@@H]1O. The molecule has 3 aromatic rings. The summed E-state index contributed by atoms with van der Waals surface area (Å²) in [5, 5.41) is 25.3. The van der Waals surface area contributed by atoms with Crippen molar-refractivity contribution in [2.24, 2.45) is 0 Å². The number of aliphatic hydroxyl groups excluding tert-OH is 1. The minimum atomic E-state index is -4.32. The molecule has 1 saturated heterocycles. The van der Waals surface area contributed by atoms with Crippen LogP contribution in [0.1, 0.15) is 23.2 Å². The Hall–Kier alpha value is -3.37. The van der Waals surface area contributed by atoms with E-state index in [0.29, 0.717) is 17.4 Å². The van der Waals surface area contributed by atoms with Crippen LogP contribution >= 0.6 is 0 Å². The number of fused-ring (bicyclic) bond motifs is 1. The predicted molar refractivity (Wildman–Crippen MR) is 123 cm³/mol. The Morgan fingerprint density at radius 2 is 2.03 bits per heavy atom. The van der Waals surface area contributed by atoms with Gasteiger partial charge in [0.25, 0.3) is 5.91 Å². The Morgan fingerprint density at radius 3 is 2.77 bits per heavy atom. The highest BCUT2D eigenvalue weighted by atomic mass is 32.2. The van der Waals surface area contributed by atoms with E-state index in [-0.39, 0.29) is 23.5 Å². The monoisotopic (exact) mass is 504 g/mol. The first-order valence-electron chi connectivity index (χ1n) is 10.8. The number of aromatic nitrogens is 4. The first kappa shape index (κ1) is 23.4. The zero-order chi connectivity index (χ0) is 24.8. The van der Waals surface area contributed by atoms with Crippen LogP contribution in [0.3, 0.4) is 0 Å². The van der Waals surface area contributed by atoms with Gasteiger partial charge in [0.1, 0.15) is 18.5 Å². The molecule has 2 aromatic heterocycles. The van der Waals surface area contributed by atoms with E-state index < -0.39 is 40.6 Å².